The Labute approximate surface area is 179 Å². The summed E-state index contributed by atoms with van der Waals surface area (Å²) in [5, 5.41) is 5.58. The predicted octanol–water partition coefficient (Wildman–Crippen LogP) is 3.05. The lowest BCUT2D eigenvalue weighted by Gasteiger charge is -2.11. The molecule has 0 fully saturated rings. The average Bonchev–Trinajstić information content (AvgIpc) is 3.36. The van der Waals surface area contributed by atoms with E-state index >= 15 is 0 Å². The number of carbonyl (C=O) groups is 1. The summed E-state index contributed by atoms with van der Waals surface area (Å²) in [6, 6.07) is 16.8. The zero-order chi connectivity index (χ0) is 21.8. The Morgan fingerprint density at radius 2 is 1.74 bits per heavy atom. The van der Waals surface area contributed by atoms with E-state index in [0.29, 0.717) is 18.8 Å². The lowest BCUT2D eigenvalue weighted by Crippen LogP contribution is -2.31. The molecule has 0 saturated carbocycles. The highest BCUT2D eigenvalue weighted by Crippen LogP contribution is 2.14. The Morgan fingerprint density at radius 1 is 1.03 bits per heavy atom. The summed E-state index contributed by atoms with van der Waals surface area (Å²) in [5.74, 6) is 0. The van der Waals surface area contributed by atoms with Crippen molar-refractivity contribution >= 4 is 11.7 Å². The molecule has 0 aliphatic heterocycles. The number of anilines is 1. The third-order valence-electron chi connectivity index (χ3n) is 5.26. The van der Waals surface area contributed by atoms with Crippen molar-refractivity contribution in [1.29, 1.82) is 0 Å². The second-order valence-corrected chi connectivity index (χ2v) is 7.25. The molecule has 158 valence electrons. The maximum absolute atomic E-state index is 12.9. The van der Waals surface area contributed by atoms with Gasteiger partial charge >= 0.3 is 6.03 Å². The average molecular weight is 416 g/mol. The zero-order valence-corrected chi connectivity index (χ0v) is 17.4. The van der Waals surface area contributed by atoms with E-state index in [1.54, 1.807) is 31.2 Å². The van der Waals surface area contributed by atoms with E-state index in [1.807, 2.05) is 65.4 Å². The molecule has 2 aromatic carbocycles. The molecule has 4 aromatic rings. The van der Waals surface area contributed by atoms with Gasteiger partial charge in [0, 0.05) is 32.5 Å². The molecular formula is C23H24N6O2. The van der Waals surface area contributed by atoms with Gasteiger partial charge in [-0.1, -0.05) is 42.5 Å². The number of hydrogen-bond acceptors (Lipinski definition) is 3. The third-order valence-corrected chi connectivity index (χ3v) is 5.26. The Balaban J connectivity index is 1.48. The van der Waals surface area contributed by atoms with E-state index in [4.69, 9.17) is 0 Å². The van der Waals surface area contributed by atoms with Crippen LogP contribution in [-0.2, 0) is 20.1 Å². The first kappa shape index (κ1) is 20.2. The second kappa shape index (κ2) is 8.74. The molecule has 4 rings (SSSR count). The lowest BCUT2D eigenvalue weighted by atomic mass is 10.1. The number of benzene rings is 2. The monoisotopic (exact) mass is 416 g/mol. The summed E-state index contributed by atoms with van der Waals surface area (Å²) in [5.41, 5.74) is 3.47. The van der Waals surface area contributed by atoms with Gasteiger partial charge in [-0.3, -0.25) is 9.48 Å². The molecule has 0 bridgehead atoms. The number of urea groups is 1. The van der Waals surface area contributed by atoms with Crippen LogP contribution < -0.4 is 16.2 Å². The number of para-hydroxylation sites is 1. The largest absolute Gasteiger partial charge is 0.334 e. The molecule has 8 nitrogen and oxygen atoms in total. The molecule has 31 heavy (non-hydrogen) atoms. The highest BCUT2D eigenvalue weighted by molar-refractivity contribution is 5.89. The lowest BCUT2D eigenvalue weighted by molar-refractivity contribution is 0.251. The number of nitrogens with one attached hydrogen (secondary N) is 2. The Hall–Kier alpha value is -4.07. The van der Waals surface area contributed by atoms with Crippen LogP contribution in [0.25, 0.3) is 5.69 Å². The minimum absolute atomic E-state index is 0.260. The van der Waals surface area contributed by atoms with Crippen LogP contribution in [0.4, 0.5) is 10.5 Å². The van der Waals surface area contributed by atoms with Crippen molar-refractivity contribution in [1.82, 2.24) is 24.2 Å². The number of carbonyl (C=O) groups excluding carboxylic acids is 1. The van der Waals surface area contributed by atoms with Gasteiger partial charge in [0.1, 0.15) is 5.69 Å². The van der Waals surface area contributed by atoms with Gasteiger partial charge in [0.2, 0.25) is 0 Å². The van der Waals surface area contributed by atoms with Crippen molar-refractivity contribution in [3.05, 3.63) is 100 Å². The van der Waals surface area contributed by atoms with Crippen LogP contribution in [0.1, 0.15) is 16.8 Å². The van der Waals surface area contributed by atoms with Gasteiger partial charge in [0.25, 0.3) is 5.56 Å². The maximum atomic E-state index is 12.9. The van der Waals surface area contributed by atoms with Crippen molar-refractivity contribution in [2.75, 3.05) is 5.32 Å². The first-order chi connectivity index (χ1) is 15.0. The predicted molar refractivity (Wildman–Crippen MR) is 119 cm³/mol. The summed E-state index contributed by atoms with van der Waals surface area (Å²) < 4.78 is 5.23. The first-order valence-corrected chi connectivity index (χ1v) is 9.96. The van der Waals surface area contributed by atoms with Gasteiger partial charge in [0.05, 0.1) is 17.7 Å². The number of hydrogen-bond donors (Lipinski definition) is 2. The van der Waals surface area contributed by atoms with E-state index < -0.39 is 6.03 Å². The Morgan fingerprint density at radius 3 is 2.45 bits per heavy atom. The molecule has 2 aromatic heterocycles. The van der Waals surface area contributed by atoms with Crippen LogP contribution in [-0.4, -0.2) is 24.9 Å². The number of amides is 2. The number of nitrogens with zero attached hydrogens (tertiary/aromatic N) is 4. The Kier molecular flexibility index (Phi) is 5.70. The van der Waals surface area contributed by atoms with Crippen LogP contribution in [0.5, 0.6) is 0 Å². The fraction of sp³-hybridized carbons (Fsp3) is 0.174. The van der Waals surface area contributed by atoms with Crippen molar-refractivity contribution in [3.8, 4) is 5.69 Å². The molecule has 0 aliphatic carbocycles. The first-order valence-electron chi connectivity index (χ1n) is 9.96. The molecule has 2 amide bonds. The quantitative estimate of drug-likeness (QED) is 0.507. The molecule has 2 heterocycles. The smallest absolute Gasteiger partial charge is 0.319 e. The Bertz CT molecular complexity index is 1240. The minimum atomic E-state index is -0.427. The number of imidazole rings is 1. The van der Waals surface area contributed by atoms with Gasteiger partial charge in [-0.25, -0.2) is 14.5 Å². The van der Waals surface area contributed by atoms with E-state index in [-0.39, 0.29) is 11.2 Å². The summed E-state index contributed by atoms with van der Waals surface area (Å²) in [4.78, 5) is 29.6. The third kappa shape index (κ3) is 4.28. The summed E-state index contributed by atoms with van der Waals surface area (Å²) >= 11 is 0. The van der Waals surface area contributed by atoms with E-state index in [1.165, 1.54) is 4.68 Å². The summed E-state index contributed by atoms with van der Waals surface area (Å²) in [7, 11) is 1.79. The van der Waals surface area contributed by atoms with E-state index in [9.17, 15) is 9.59 Å². The fourth-order valence-electron chi connectivity index (χ4n) is 3.51. The van der Waals surface area contributed by atoms with E-state index in [0.717, 1.165) is 16.8 Å². The molecule has 0 radical (unpaired) electrons. The minimum Gasteiger partial charge on any atom is -0.334 e. The van der Waals surface area contributed by atoms with Crippen LogP contribution in [0.15, 0.2) is 78.1 Å². The molecule has 0 spiro atoms. The van der Waals surface area contributed by atoms with Crippen LogP contribution in [0.2, 0.25) is 0 Å². The van der Waals surface area contributed by atoms with Crippen LogP contribution in [0.3, 0.4) is 0 Å². The topological polar surface area (TPSA) is 85.9 Å². The van der Waals surface area contributed by atoms with Gasteiger partial charge in [-0.05, 0) is 30.2 Å². The fourth-order valence-corrected chi connectivity index (χ4v) is 3.51. The van der Waals surface area contributed by atoms with Crippen molar-refractivity contribution in [2.45, 2.75) is 20.0 Å². The van der Waals surface area contributed by atoms with Crippen LogP contribution >= 0.6 is 0 Å². The van der Waals surface area contributed by atoms with Crippen LogP contribution in [0, 0.1) is 6.92 Å². The summed E-state index contributed by atoms with van der Waals surface area (Å²) in [6.07, 6.45) is 5.39. The molecular weight excluding hydrogens is 392 g/mol. The molecule has 0 saturated heterocycles. The molecule has 0 atom stereocenters. The normalized spacial score (nSPS) is 10.8. The molecule has 8 heteroatoms. The van der Waals surface area contributed by atoms with Crippen molar-refractivity contribution in [2.24, 2.45) is 7.05 Å². The molecule has 0 unspecified atom stereocenters. The van der Waals surface area contributed by atoms with Gasteiger partial charge < -0.3 is 15.2 Å². The zero-order valence-electron chi connectivity index (χ0n) is 17.4. The van der Waals surface area contributed by atoms with Gasteiger partial charge in [0.15, 0.2) is 0 Å². The number of rotatable bonds is 6. The molecule has 2 N–H and O–H groups in total. The van der Waals surface area contributed by atoms with Crippen molar-refractivity contribution < 1.29 is 4.79 Å². The van der Waals surface area contributed by atoms with Crippen molar-refractivity contribution in [3.63, 3.8) is 0 Å². The highest BCUT2D eigenvalue weighted by atomic mass is 16.2. The second-order valence-electron chi connectivity index (χ2n) is 7.25. The SMILES string of the molecule is Cc1c(NC(=O)NCc2ccccc2Cn2ccnc2)c(=O)n(-c2ccccc2)n1C. The van der Waals surface area contributed by atoms with Gasteiger partial charge in [-0.15, -0.1) is 0 Å². The summed E-state index contributed by atoms with van der Waals surface area (Å²) in [6.45, 7) is 2.81. The van der Waals surface area contributed by atoms with E-state index in [2.05, 4.69) is 15.6 Å². The van der Waals surface area contributed by atoms with Gasteiger partial charge in [-0.2, -0.15) is 0 Å². The number of aromatic nitrogens is 4. The highest BCUT2D eigenvalue weighted by Gasteiger charge is 2.18. The molecule has 0 aliphatic rings. The maximum Gasteiger partial charge on any atom is 0.319 e. The standard InChI is InChI=1S/C23H24N6O2/c1-17-21(22(30)29(27(17)2)20-10-4-3-5-11-20)26-23(31)25-14-18-8-6-7-9-19(18)15-28-13-12-24-16-28/h3-13,16H,14-15H2,1-2H3,(H2,25,26,31).